The Morgan fingerprint density at radius 2 is 1.56 bits per heavy atom. The fourth-order valence-electron chi connectivity index (χ4n) is 1.35. The van der Waals surface area contributed by atoms with Gasteiger partial charge in [0.05, 0.1) is 21.3 Å². The zero-order chi connectivity index (χ0) is 12.0. The Morgan fingerprint density at radius 1 is 1.00 bits per heavy atom. The number of hydrogen-bond acceptors (Lipinski definition) is 4. The second kappa shape index (κ2) is 5.80. The van der Waals surface area contributed by atoms with Gasteiger partial charge in [-0.3, -0.25) is 4.79 Å². The number of ether oxygens (including phenoxy) is 3. The summed E-state index contributed by atoms with van der Waals surface area (Å²) in [7, 11) is 4.64. The van der Waals surface area contributed by atoms with Crippen molar-refractivity contribution in [2.75, 3.05) is 21.3 Å². The fraction of sp³-hybridized carbons (Fsp3) is 0.250. The molecular weight excluding hydrogens is 208 g/mol. The maximum Gasteiger partial charge on any atom is 0.203 e. The highest BCUT2D eigenvalue weighted by Gasteiger charge is 2.11. The highest BCUT2D eigenvalue weighted by atomic mass is 16.5. The van der Waals surface area contributed by atoms with Crippen molar-refractivity contribution in [3.05, 3.63) is 23.8 Å². The number of aldehydes is 1. The molecule has 86 valence electrons. The minimum absolute atomic E-state index is 0.535. The van der Waals surface area contributed by atoms with E-state index in [-0.39, 0.29) is 0 Å². The van der Waals surface area contributed by atoms with Crippen LogP contribution in [0, 0.1) is 0 Å². The van der Waals surface area contributed by atoms with E-state index in [4.69, 9.17) is 14.2 Å². The Hall–Kier alpha value is -1.97. The van der Waals surface area contributed by atoms with Gasteiger partial charge in [0.25, 0.3) is 0 Å². The summed E-state index contributed by atoms with van der Waals surface area (Å²) in [5, 5.41) is 0. The van der Waals surface area contributed by atoms with Gasteiger partial charge in [0.2, 0.25) is 5.75 Å². The quantitative estimate of drug-likeness (QED) is 0.564. The molecule has 0 unspecified atom stereocenters. The average Bonchev–Trinajstić information content (AvgIpc) is 2.34. The maximum absolute atomic E-state index is 10.2. The van der Waals surface area contributed by atoms with Crippen LogP contribution in [0.1, 0.15) is 5.56 Å². The molecule has 0 radical (unpaired) electrons. The van der Waals surface area contributed by atoms with E-state index in [1.807, 2.05) is 0 Å². The predicted molar refractivity (Wildman–Crippen MR) is 61.2 cm³/mol. The van der Waals surface area contributed by atoms with Gasteiger partial charge in [0.1, 0.15) is 6.29 Å². The first-order valence-corrected chi connectivity index (χ1v) is 4.68. The molecule has 0 aliphatic rings. The summed E-state index contributed by atoms with van der Waals surface area (Å²) in [6.07, 6.45) is 3.78. The van der Waals surface area contributed by atoms with Gasteiger partial charge in [0, 0.05) is 0 Å². The molecule has 0 saturated carbocycles. The van der Waals surface area contributed by atoms with Crippen LogP contribution in [-0.2, 0) is 4.79 Å². The number of carbonyl (C=O) groups excluding carboxylic acids is 1. The first-order chi connectivity index (χ1) is 7.76. The lowest BCUT2D eigenvalue weighted by Gasteiger charge is -2.12. The molecule has 0 bridgehead atoms. The van der Waals surface area contributed by atoms with Crippen molar-refractivity contribution < 1.29 is 19.0 Å². The van der Waals surface area contributed by atoms with E-state index in [0.717, 1.165) is 5.56 Å². The molecule has 1 rings (SSSR count). The maximum atomic E-state index is 10.2. The van der Waals surface area contributed by atoms with Gasteiger partial charge < -0.3 is 14.2 Å². The van der Waals surface area contributed by atoms with Gasteiger partial charge in [-0.2, -0.15) is 0 Å². The third-order valence-corrected chi connectivity index (χ3v) is 2.05. The molecule has 16 heavy (non-hydrogen) atoms. The number of methoxy groups -OCH3 is 3. The van der Waals surface area contributed by atoms with Crippen LogP contribution >= 0.6 is 0 Å². The summed E-state index contributed by atoms with van der Waals surface area (Å²) in [5.41, 5.74) is 0.807. The Balaban J connectivity index is 3.25. The highest BCUT2D eigenvalue weighted by Crippen LogP contribution is 2.38. The molecule has 0 aromatic heterocycles. The fourth-order valence-corrected chi connectivity index (χ4v) is 1.35. The van der Waals surface area contributed by atoms with Crippen LogP contribution in [0.2, 0.25) is 0 Å². The normalized spacial score (nSPS) is 10.2. The van der Waals surface area contributed by atoms with Crippen molar-refractivity contribution in [1.82, 2.24) is 0 Å². The Morgan fingerprint density at radius 3 is 1.94 bits per heavy atom. The molecule has 0 atom stereocenters. The van der Waals surface area contributed by atoms with E-state index < -0.39 is 0 Å². The molecular formula is C12H14O4. The van der Waals surface area contributed by atoms with Crippen LogP contribution in [0.15, 0.2) is 18.2 Å². The summed E-state index contributed by atoms with van der Waals surface area (Å²) >= 11 is 0. The summed E-state index contributed by atoms with van der Waals surface area (Å²) in [5.74, 6) is 1.66. The topological polar surface area (TPSA) is 44.8 Å². The Labute approximate surface area is 94.4 Å². The minimum Gasteiger partial charge on any atom is -0.493 e. The molecule has 1 aromatic carbocycles. The van der Waals surface area contributed by atoms with Gasteiger partial charge in [-0.15, -0.1) is 0 Å². The molecule has 4 heteroatoms. The van der Waals surface area contributed by atoms with E-state index in [1.54, 1.807) is 39.5 Å². The van der Waals surface area contributed by atoms with Crippen LogP contribution in [-0.4, -0.2) is 27.6 Å². The molecule has 0 N–H and O–H groups in total. The molecule has 0 saturated heterocycles. The van der Waals surface area contributed by atoms with E-state index in [0.29, 0.717) is 23.5 Å². The number of benzene rings is 1. The van der Waals surface area contributed by atoms with Crippen LogP contribution < -0.4 is 14.2 Å². The Bertz CT molecular complexity index is 371. The van der Waals surface area contributed by atoms with Gasteiger partial charge in [-0.25, -0.2) is 0 Å². The zero-order valence-corrected chi connectivity index (χ0v) is 9.52. The van der Waals surface area contributed by atoms with Crippen molar-refractivity contribution in [2.24, 2.45) is 0 Å². The molecule has 0 spiro atoms. The summed E-state index contributed by atoms with van der Waals surface area (Å²) in [6.45, 7) is 0. The first kappa shape index (κ1) is 12.1. The Kier molecular flexibility index (Phi) is 4.39. The largest absolute Gasteiger partial charge is 0.493 e. The van der Waals surface area contributed by atoms with Crippen molar-refractivity contribution in [3.63, 3.8) is 0 Å². The van der Waals surface area contributed by atoms with Crippen LogP contribution in [0.5, 0.6) is 17.2 Å². The van der Waals surface area contributed by atoms with E-state index >= 15 is 0 Å². The summed E-state index contributed by atoms with van der Waals surface area (Å²) in [6, 6.07) is 3.53. The monoisotopic (exact) mass is 222 g/mol. The second-order valence-electron chi connectivity index (χ2n) is 2.95. The number of carbonyl (C=O) groups is 1. The van der Waals surface area contributed by atoms with Gasteiger partial charge in [-0.05, 0) is 23.8 Å². The number of allylic oxidation sites excluding steroid dienone is 1. The van der Waals surface area contributed by atoms with Crippen LogP contribution in [0.3, 0.4) is 0 Å². The molecule has 1 aromatic rings. The lowest BCUT2D eigenvalue weighted by atomic mass is 10.1. The standard InChI is InChI=1S/C12H14O4/c1-14-10-7-9(5-4-6-13)8-11(15-2)12(10)16-3/h4-8H,1-3H3. The minimum atomic E-state index is 0.535. The van der Waals surface area contributed by atoms with E-state index in [9.17, 15) is 4.79 Å². The van der Waals surface area contributed by atoms with E-state index in [2.05, 4.69) is 0 Å². The third-order valence-electron chi connectivity index (χ3n) is 2.05. The smallest absolute Gasteiger partial charge is 0.203 e. The second-order valence-corrected chi connectivity index (χ2v) is 2.95. The molecule has 0 fully saturated rings. The lowest BCUT2D eigenvalue weighted by Crippen LogP contribution is -1.95. The van der Waals surface area contributed by atoms with Crippen molar-refractivity contribution in [1.29, 1.82) is 0 Å². The van der Waals surface area contributed by atoms with Crippen LogP contribution in [0.4, 0.5) is 0 Å². The van der Waals surface area contributed by atoms with Crippen LogP contribution in [0.25, 0.3) is 6.08 Å². The molecule has 4 nitrogen and oxygen atoms in total. The van der Waals surface area contributed by atoms with Crippen molar-refractivity contribution >= 4 is 12.4 Å². The van der Waals surface area contributed by atoms with E-state index in [1.165, 1.54) is 6.08 Å². The van der Waals surface area contributed by atoms with Crippen molar-refractivity contribution in [2.45, 2.75) is 0 Å². The average molecular weight is 222 g/mol. The summed E-state index contributed by atoms with van der Waals surface area (Å²) in [4.78, 5) is 10.2. The molecule has 0 aliphatic heterocycles. The molecule has 0 amide bonds. The van der Waals surface area contributed by atoms with Crippen molar-refractivity contribution in [3.8, 4) is 17.2 Å². The molecule has 0 heterocycles. The first-order valence-electron chi connectivity index (χ1n) is 4.68. The SMILES string of the molecule is COc1cc(C=CC=O)cc(OC)c1OC. The third kappa shape index (κ3) is 2.53. The predicted octanol–water partition coefficient (Wildman–Crippen LogP) is 1.92. The zero-order valence-electron chi connectivity index (χ0n) is 9.52. The highest BCUT2D eigenvalue weighted by molar-refractivity contribution is 5.75. The summed E-state index contributed by atoms with van der Waals surface area (Å²) < 4.78 is 15.5. The lowest BCUT2D eigenvalue weighted by molar-refractivity contribution is -0.104. The number of hydrogen-bond donors (Lipinski definition) is 0. The van der Waals surface area contributed by atoms with Gasteiger partial charge >= 0.3 is 0 Å². The molecule has 0 aliphatic carbocycles. The van der Waals surface area contributed by atoms with Gasteiger partial charge in [0.15, 0.2) is 11.5 Å². The number of rotatable bonds is 5. The van der Waals surface area contributed by atoms with Gasteiger partial charge in [-0.1, -0.05) is 6.08 Å².